The quantitative estimate of drug-likeness (QED) is 0.169. The number of carbonyl (C=O) groups is 2. The van der Waals surface area contributed by atoms with Crippen molar-refractivity contribution >= 4 is 17.4 Å². The summed E-state index contributed by atoms with van der Waals surface area (Å²) in [5.74, 6) is -0.344. The minimum atomic E-state index is -0.742. The Balaban J connectivity index is 2.05. The van der Waals surface area contributed by atoms with Crippen molar-refractivity contribution in [2.24, 2.45) is 0 Å². The number of unbranched alkanes of at least 4 members (excludes halogenated alkanes) is 1. The highest BCUT2D eigenvalue weighted by Gasteiger charge is 2.46. The van der Waals surface area contributed by atoms with Crippen LogP contribution in [0, 0.1) is 0 Å². The van der Waals surface area contributed by atoms with Crippen LogP contribution in [0.4, 0.5) is 0 Å². The second-order valence-electron chi connectivity index (χ2n) is 8.95. The van der Waals surface area contributed by atoms with Crippen molar-refractivity contribution in [3.8, 4) is 11.5 Å². The minimum Gasteiger partial charge on any atom is -0.507 e. The molecule has 1 unspecified atom stereocenters. The Labute approximate surface area is 219 Å². The number of Topliss-reactive ketones (excluding diaryl/α,β-unsaturated/α-hetero) is 1. The molecular formula is C29H39N3O5. The van der Waals surface area contributed by atoms with Crippen LogP contribution in [0.25, 0.3) is 5.76 Å². The van der Waals surface area contributed by atoms with Crippen LogP contribution < -0.4 is 9.47 Å². The van der Waals surface area contributed by atoms with Crippen molar-refractivity contribution < 1.29 is 24.2 Å². The molecule has 0 bridgehead atoms. The molecule has 1 aliphatic heterocycles. The molecule has 0 saturated carbocycles. The standard InChI is InChI=1S/C29H39N3O5/c1-5-9-19-37-23-12-11-22(20-24(23)36-8-4)26-25(27(33)21-13-15-30-16-14-21)28(34)29(35)32(26)18-10-17-31(6-2)7-3/h11-16,20,26,33H,5-10,17-19H2,1-4H3. The first-order valence-electron chi connectivity index (χ1n) is 13.3. The summed E-state index contributed by atoms with van der Waals surface area (Å²) in [6.45, 7) is 12.2. The number of aliphatic hydroxyl groups excluding tert-OH is 1. The van der Waals surface area contributed by atoms with Crippen molar-refractivity contribution in [2.75, 3.05) is 39.4 Å². The molecule has 1 aliphatic rings. The Kier molecular flexibility index (Phi) is 10.5. The number of ketones is 1. The first-order chi connectivity index (χ1) is 18.0. The number of carbonyl (C=O) groups excluding carboxylic acids is 2. The lowest BCUT2D eigenvalue weighted by atomic mass is 9.95. The number of aliphatic hydroxyl groups is 1. The maximum absolute atomic E-state index is 13.3. The molecule has 1 N–H and O–H groups in total. The summed E-state index contributed by atoms with van der Waals surface area (Å²) in [7, 11) is 0. The number of ether oxygens (including phenoxy) is 2. The molecule has 0 spiro atoms. The summed E-state index contributed by atoms with van der Waals surface area (Å²) in [5, 5.41) is 11.2. The van der Waals surface area contributed by atoms with E-state index in [1.54, 1.807) is 29.4 Å². The molecule has 200 valence electrons. The average Bonchev–Trinajstić information content (AvgIpc) is 3.17. The summed E-state index contributed by atoms with van der Waals surface area (Å²) in [4.78, 5) is 34.4. The third-order valence-corrected chi connectivity index (χ3v) is 6.60. The van der Waals surface area contributed by atoms with Crippen molar-refractivity contribution in [2.45, 2.75) is 53.0 Å². The number of aromatic nitrogens is 1. The fourth-order valence-corrected chi connectivity index (χ4v) is 4.54. The van der Waals surface area contributed by atoms with Gasteiger partial charge in [-0.15, -0.1) is 0 Å². The maximum atomic E-state index is 13.3. The van der Waals surface area contributed by atoms with Crippen LogP contribution in [0.5, 0.6) is 11.5 Å². The molecule has 1 saturated heterocycles. The van der Waals surface area contributed by atoms with Gasteiger partial charge in [-0.05, 0) is 69.2 Å². The zero-order chi connectivity index (χ0) is 26.8. The van der Waals surface area contributed by atoms with Gasteiger partial charge in [0.1, 0.15) is 5.76 Å². The SMILES string of the molecule is CCCCOc1ccc(C2C(=C(O)c3ccncc3)C(=O)C(=O)N2CCCN(CC)CC)cc1OCC. The number of likely N-dealkylation sites (tertiary alicyclic amines) is 1. The molecule has 37 heavy (non-hydrogen) atoms. The second-order valence-corrected chi connectivity index (χ2v) is 8.95. The maximum Gasteiger partial charge on any atom is 0.295 e. The van der Waals surface area contributed by atoms with E-state index in [1.165, 1.54) is 0 Å². The third-order valence-electron chi connectivity index (χ3n) is 6.60. The van der Waals surface area contributed by atoms with Crippen LogP contribution in [0.3, 0.4) is 0 Å². The van der Waals surface area contributed by atoms with Gasteiger partial charge in [-0.3, -0.25) is 14.6 Å². The molecule has 2 aromatic rings. The predicted molar refractivity (Wildman–Crippen MR) is 144 cm³/mol. The normalized spacial score (nSPS) is 17.0. The summed E-state index contributed by atoms with van der Waals surface area (Å²) in [5.41, 5.74) is 1.19. The molecule has 0 aliphatic carbocycles. The molecule has 8 nitrogen and oxygen atoms in total. The van der Waals surface area contributed by atoms with Crippen LogP contribution >= 0.6 is 0 Å². The molecule has 1 aromatic heterocycles. The lowest BCUT2D eigenvalue weighted by molar-refractivity contribution is -0.140. The zero-order valence-electron chi connectivity index (χ0n) is 22.4. The molecule has 1 amide bonds. The smallest absolute Gasteiger partial charge is 0.295 e. The largest absolute Gasteiger partial charge is 0.507 e. The predicted octanol–water partition coefficient (Wildman–Crippen LogP) is 4.81. The second kappa shape index (κ2) is 13.8. The average molecular weight is 510 g/mol. The minimum absolute atomic E-state index is 0.0705. The molecule has 0 radical (unpaired) electrons. The first kappa shape index (κ1) is 28.2. The number of benzene rings is 1. The fourth-order valence-electron chi connectivity index (χ4n) is 4.54. The lowest BCUT2D eigenvalue weighted by Crippen LogP contribution is -2.33. The van der Waals surface area contributed by atoms with Gasteiger partial charge in [-0.25, -0.2) is 0 Å². The van der Waals surface area contributed by atoms with Crippen molar-refractivity contribution in [1.29, 1.82) is 0 Å². The molecule has 1 aromatic carbocycles. The van der Waals surface area contributed by atoms with Gasteiger partial charge in [-0.2, -0.15) is 0 Å². The summed E-state index contributed by atoms with van der Waals surface area (Å²) < 4.78 is 11.8. The summed E-state index contributed by atoms with van der Waals surface area (Å²) in [6.07, 6.45) is 5.72. The van der Waals surface area contributed by atoms with E-state index in [0.29, 0.717) is 48.8 Å². The number of amides is 1. The van der Waals surface area contributed by atoms with Crippen molar-refractivity contribution in [3.63, 3.8) is 0 Å². The van der Waals surface area contributed by atoms with E-state index in [2.05, 4.69) is 30.7 Å². The van der Waals surface area contributed by atoms with E-state index in [0.717, 1.165) is 32.5 Å². The third kappa shape index (κ3) is 6.68. The van der Waals surface area contributed by atoms with Gasteiger partial charge < -0.3 is 24.4 Å². The van der Waals surface area contributed by atoms with E-state index in [-0.39, 0.29) is 11.3 Å². The van der Waals surface area contributed by atoms with E-state index < -0.39 is 17.7 Å². The van der Waals surface area contributed by atoms with Crippen LogP contribution in [0.1, 0.15) is 64.1 Å². The van der Waals surface area contributed by atoms with Crippen molar-refractivity contribution in [1.82, 2.24) is 14.8 Å². The van der Waals surface area contributed by atoms with E-state index >= 15 is 0 Å². The topological polar surface area (TPSA) is 92.2 Å². The van der Waals surface area contributed by atoms with Gasteiger partial charge in [-0.1, -0.05) is 33.3 Å². The molecular weight excluding hydrogens is 470 g/mol. The van der Waals surface area contributed by atoms with Gasteiger partial charge in [0, 0.05) is 24.5 Å². The number of rotatable bonds is 14. The molecule has 8 heteroatoms. The number of hydrogen-bond acceptors (Lipinski definition) is 7. The first-order valence-corrected chi connectivity index (χ1v) is 13.3. The molecule has 2 heterocycles. The van der Waals surface area contributed by atoms with E-state index in [4.69, 9.17) is 9.47 Å². The number of hydrogen-bond donors (Lipinski definition) is 1. The number of nitrogens with zero attached hydrogens (tertiary/aromatic N) is 3. The van der Waals surface area contributed by atoms with Crippen molar-refractivity contribution in [3.05, 3.63) is 59.4 Å². The van der Waals surface area contributed by atoms with E-state index in [1.807, 2.05) is 25.1 Å². The van der Waals surface area contributed by atoms with Gasteiger partial charge in [0.2, 0.25) is 0 Å². The van der Waals surface area contributed by atoms with Crippen LogP contribution in [-0.2, 0) is 9.59 Å². The Morgan fingerprint density at radius 2 is 1.73 bits per heavy atom. The van der Waals surface area contributed by atoms with E-state index in [9.17, 15) is 14.7 Å². The Bertz CT molecular complexity index is 1080. The van der Waals surface area contributed by atoms with Gasteiger partial charge in [0.15, 0.2) is 11.5 Å². The monoisotopic (exact) mass is 509 g/mol. The highest BCUT2D eigenvalue weighted by Crippen LogP contribution is 2.42. The zero-order valence-corrected chi connectivity index (χ0v) is 22.4. The lowest BCUT2D eigenvalue weighted by Gasteiger charge is -2.27. The summed E-state index contributed by atoms with van der Waals surface area (Å²) in [6, 6.07) is 7.98. The molecule has 1 fully saturated rings. The Hall–Kier alpha value is -3.39. The van der Waals surface area contributed by atoms with Gasteiger partial charge in [0.25, 0.3) is 11.7 Å². The molecule has 1 atom stereocenters. The highest BCUT2D eigenvalue weighted by atomic mass is 16.5. The molecule has 3 rings (SSSR count). The fraction of sp³-hybridized carbons (Fsp3) is 0.483. The van der Waals surface area contributed by atoms with Crippen LogP contribution in [-0.4, -0.2) is 71.0 Å². The Morgan fingerprint density at radius 3 is 2.38 bits per heavy atom. The summed E-state index contributed by atoms with van der Waals surface area (Å²) >= 11 is 0. The van der Waals surface area contributed by atoms with Crippen LogP contribution in [0.2, 0.25) is 0 Å². The van der Waals surface area contributed by atoms with Gasteiger partial charge in [0.05, 0.1) is 24.8 Å². The Morgan fingerprint density at radius 1 is 1.00 bits per heavy atom. The van der Waals surface area contributed by atoms with Gasteiger partial charge >= 0.3 is 0 Å². The van der Waals surface area contributed by atoms with Crippen LogP contribution in [0.15, 0.2) is 48.3 Å². The highest BCUT2D eigenvalue weighted by molar-refractivity contribution is 6.46. The number of pyridine rings is 1.